The number of aryl methyl sites for hydroxylation is 1. The maximum Gasteiger partial charge on any atom is 0.252 e. The van der Waals surface area contributed by atoms with E-state index in [1.807, 2.05) is 36.7 Å². The number of anilines is 1. The third kappa shape index (κ3) is 3.99. The van der Waals surface area contributed by atoms with Crippen LogP contribution in [0.1, 0.15) is 5.01 Å². The van der Waals surface area contributed by atoms with Crippen LogP contribution in [0.25, 0.3) is 16.4 Å². The quantitative estimate of drug-likeness (QED) is 0.440. The molecule has 0 atom stereocenters. The summed E-state index contributed by atoms with van der Waals surface area (Å²) in [5, 5.41) is 7.11. The highest BCUT2D eigenvalue weighted by molar-refractivity contribution is 7.91. The van der Waals surface area contributed by atoms with Crippen LogP contribution < -0.4 is 4.90 Å². The Labute approximate surface area is 187 Å². The van der Waals surface area contributed by atoms with E-state index in [1.165, 1.54) is 17.7 Å². The van der Waals surface area contributed by atoms with Gasteiger partial charge in [-0.05, 0) is 25.1 Å². The van der Waals surface area contributed by atoms with Crippen LogP contribution in [0.3, 0.4) is 0 Å². The maximum atomic E-state index is 13.2. The lowest BCUT2D eigenvalue weighted by Gasteiger charge is -2.34. The SMILES string of the molecule is Cc1nc(-c2ccc(S(=O)(=O)N3CCN(c4cc(-n5cccn5)ncn4)CC3)s2)cs1. The van der Waals surface area contributed by atoms with E-state index in [2.05, 4.69) is 25.0 Å². The van der Waals surface area contributed by atoms with E-state index in [0.29, 0.717) is 36.2 Å². The van der Waals surface area contributed by atoms with E-state index in [4.69, 9.17) is 0 Å². The molecule has 0 radical (unpaired) electrons. The van der Waals surface area contributed by atoms with Crippen molar-refractivity contribution in [3.05, 3.63) is 53.4 Å². The van der Waals surface area contributed by atoms with Crippen molar-refractivity contribution in [1.29, 1.82) is 0 Å². The molecule has 1 aliphatic heterocycles. The van der Waals surface area contributed by atoms with Crippen molar-refractivity contribution in [2.75, 3.05) is 31.1 Å². The molecule has 0 saturated carbocycles. The molecule has 4 aromatic rings. The molecular weight excluding hydrogens is 454 g/mol. The second-order valence-electron chi connectivity index (χ2n) is 6.95. The van der Waals surface area contributed by atoms with Crippen molar-refractivity contribution in [1.82, 2.24) is 29.0 Å². The zero-order chi connectivity index (χ0) is 21.4. The topological polar surface area (TPSA) is 97.1 Å². The van der Waals surface area contributed by atoms with E-state index in [9.17, 15) is 8.42 Å². The van der Waals surface area contributed by atoms with E-state index in [-0.39, 0.29) is 0 Å². The fraction of sp³-hybridized carbons (Fsp3) is 0.263. The number of aromatic nitrogens is 5. The standard InChI is InChI=1S/C19H19N7O2S3/c1-14-23-15(12-29-14)16-3-4-19(30-16)31(27,28)25-9-7-24(8-10-25)17-11-18(21-13-20-17)26-6-2-5-22-26/h2-6,11-13H,7-10H2,1H3. The molecule has 12 heteroatoms. The molecule has 9 nitrogen and oxygen atoms in total. The lowest BCUT2D eigenvalue weighted by Crippen LogP contribution is -2.48. The minimum Gasteiger partial charge on any atom is -0.354 e. The smallest absolute Gasteiger partial charge is 0.252 e. The van der Waals surface area contributed by atoms with Gasteiger partial charge in [0.25, 0.3) is 10.0 Å². The Morgan fingerprint density at radius 1 is 1.06 bits per heavy atom. The van der Waals surface area contributed by atoms with Crippen molar-refractivity contribution in [3.63, 3.8) is 0 Å². The molecule has 1 saturated heterocycles. The van der Waals surface area contributed by atoms with E-state index in [1.54, 1.807) is 32.6 Å². The average molecular weight is 474 g/mol. The van der Waals surface area contributed by atoms with E-state index < -0.39 is 10.0 Å². The summed E-state index contributed by atoms with van der Waals surface area (Å²) in [5.74, 6) is 1.43. The second-order valence-corrected chi connectivity index (χ2v) is 11.3. The summed E-state index contributed by atoms with van der Waals surface area (Å²) >= 11 is 2.82. The molecule has 0 amide bonds. The number of hydrogen-bond acceptors (Lipinski definition) is 9. The first-order valence-corrected chi connectivity index (χ1v) is 12.7. The third-order valence-corrected chi connectivity index (χ3v) is 9.23. The molecule has 0 aromatic carbocycles. The molecule has 0 unspecified atom stereocenters. The van der Waals surface area contributed by atoms with Gasteiger partial charge in [0.05, 0.1) is 15.6 Å². The fourth-order valence-electron chi connectivity index (χ4n) is 3.40. The van der Waals surface area contributed by atoms with Crippen LogP contribution in [0, 0.1) is 6.92 Å². The summed E-state index contributed by atoms with van der Waals surface area (Å²) < 4.78 is 29.9. The molecule has 1 fully saturated rings. The summed E-state index contributed by atoms with van der Waals surface area (Å²) in [6, 6.07) is 7.20. The van der Waals surface area contributed by atoms with Gasteiger partial charge in [0, 0.05) is 50.0 Å². The first kappa shape index (κ1) is 20.2. The van der Waals surface area contributed by atoms with Gasteiger partial charge in [0.2, 0.25) is 0 Å². The Kier molecular flexibility index (Phi) is 5.30. The Hall–Kier alpha value is -2.67. The van der Waals surface area contributed by atoms with Crippen LogP contribution >= 0.6 is 22.7 Å². The van der Waals surface area contributed by atoms with Crippen LogP contribution in [0.15, 0.2) is 52.6 Å². The van der Waals surface area contributed by atoms with Crippen molar-refractivity contribution in [2.24, 2.45) is 0 Å². The van der Waals surface area contributed by atoms with Crippen LogP contribution in [0.5, 0.6) is 0 Å². The molecule has 5 rings (SSSR count). The maximum absolute atomic E-state index is 13.2. The molecule has 0 bridgehead atoms. The van der Waals surface area contributed by atoms with Crippen LogP contribution in [0.2, 0.25) is 0 Å². The van der Waals surface area contributed by atoms with Crippen LogP contribution in [0.4, 0.5) is 5.82 Å². The predicted octanol–water partition coefficient (Wildman–Crippen LogP) is 2.67. The van der Waals surface area contributed by atoms with Gasteiger partial charge < -0.3 is 4.90 Å². The Morgan fingerprint density at radius 2 is 1.87 bits per heavy atom. The lowest BCUT2D eigenvalue weighted by atomic mass is 10.3. The minimum atomic E-state index is -3.54. The zero-order valence-electron chi connectivity index (χ0n) is 16.6. The van der Waals surface area contributed by atoms with Crippen molar-refractivity contribution in [2.45, 2.75) is 11.1 Å². The van der Waals surface area contributed by atoms with Crippen molar-refractivity contribution >= 4 is 38.5 Å². The van der Waals surface area contributed by atoms with E-state index >= 15 is 0 Å². The van der Waals surface area contributed by atoms with Gasteiger partial charge >= 0.3 is 0 Å². The van der Waals surface area contributed by atoms with E-state index in [0.717, 1.165) is 21.4 Å². The number of sulfonamides is 1. The number of thiophene rings is 1. The lowest BCUT2D eigenvalue weighted by molar-refractivity contribution is 0.384. The summed E-state index contributed by atoms with van der Waals surface area (Å²) in [6.07, 6.45) is 5.01. The normalized spacial score (nSPS) is 15.5. The number of thiazole rings is 1. The number of piperazine rings is 1. The van der Waals surface area contributed by atoms with Crippen molar-refractivity contribution < 1.29 is 8.42 Å². The fourth-order valence-corrected chi connectivity index (χ4v) is 6.93. The molecule has 0 spiro atoms. The van der Waals surface area contributed by atoms with Gasteiger partial charge in [-0.2, -0.15) is 9.40 Å². The molecule has 0 N–H and O–H groups in total. The highest BCUT2D eigenvalue weighted by Crippen LogP contribution is 2.33. The Bertz CT molecular complexity index is 1290. The molecule has 1 aliphatic rings. The van der Waals surface area contributed by atoms with Gasteiger partial charge in [-0.25, -0.2) is 28.1 Å². The first-order valence-electron chi connectivity index (χ1n) is 9.60. The van der Waals surface area contributed by atoms with Gasteiger partial charge in [0.1, 0.15) is 16.4 Å². The first-order chi connectivity index (χ1) is 15.0. The number of nitrogens with zero attached hydrogens (tertiary/aromatic N) is 7. The average Bonchev–Trinajstić information content (AvgIpc) is 3.55. The van der Waals surface area contributed by atoms with Gasteiger partial charge in [-0.3, -0.25) is 0 Å². The Morgan fingerprint density at radius 3 is 2.58 bits per heavy atom. The molecule has 160 valence electrons. The summed E-state index contributed by atoms with van der Waals surface area (Å²) in [5.41, 5.74) is 0.829. The summed E-state index contributed by atoms with van der Waals surface area (Å²) in [4.78, 5) is 16.0. The second kappa shape index (κ2) is 8.11. The number of rotatable bonds is 5. The highest BCUT2D eigenvalue weighted by Gasteiger charge is 2.30. The van der Waals surface area contributed by atoms with Crippen molar-refractivity contribution in [3.8, 4) is 16.4 Å². The third-order valence-electron chi connectivity index (χ3n) is 4.99. The summed E-state index contributed by atoms with van der Waals surface area (Å²) in [6.45, 7) is 3.84. The van der Waals surface area contributed by atoms with Gasteiger partial charge in [-0.15, -0.1) is 22.7 Å². The van der Waals surface area contributed by atoms with Crippen LogP contribution in [-0.2, 0) is 10.0 Å². The van der Waals surface area contributed by atoms with Gasteiger partial charge in [0.15, 0.2) is 5.82 Å². The Balaban J connectivity index is 1.29. The summed E-state index contributed by atoms with van der Waals surface area (Å²) in [7, 11) is -3.54. The molecule has 4 aromatic heterocycles. The van der Waals surface area contributed by atoms with Gasteiger partial charge in [-0.1, -0.05) is 0 Å². The van der Waals surface area contributed by atoms with Crippen LogP contribution in [-0.4, -0.2) is 63.6 Å². The molecule has 31 heavy (non-hydrogen) atoms. The largest absolute Gasteiger partial charge is 0.354 e. The minimum absolute atomic E-state index is 0.351. The molecular formula is C19H19N7O2S3. The monoisotopic (exact) mass is 473 g/mol. The number of hydrogen-bond donors (Lipinski definition) is 0. The predicted molar refractivity (Wildman–Crippen MR) is 120 cm³/mol. The highest BCUT2D eigenvalue weighted by atomic mass is 32.2. The zero-order valence-corrected chi connectivity index (χ0v) is 19.1. The molecule has 0 aliphatic carbocycles. The molecule has 5 heterocycles.